The number of fused-ring (bicyclic) bond motifs is 2. The first-order chi connectivity index (χ1) is 20.0. The summed E-state index contributed by atoms with van der Waals surface area (Å²) in [6.45, 7) is 0.652. The first-order valence-corrected chi connectivity index (χ1v) is 14.2. The zero-order valence-electron chi connectivity index (χ0n) is 23.0. The van der Waals surface area contributed by atoms with Crippen molar-refractivity contribution in [3.8, 4) is 5.75 Å². The van der Waals surface area contributed by atoms with E-state index >= 15 is 0 Å². The molecule has 10 nitrogen and oxygen atoms in total. The molecule has 3 heterocycles. The van der Waals surface area contributed by atoms with Crippen molar-refractivity contribution in [1.82, 2.24) is 25.3 Å². The van der Waals surface area contributed by atoms with Gasteiger partial charge in [0, 0.05) is 37.2 Å². The predicted molar refractivity (Wildman–Crippen MR) is 149 cm³/mol. The van der Waals surface area contributed by atoms with Gasteiger partial charge < -0.3 is 15.0 Å². The molecule has 0 radical (unpaired) electrons. The van der Waals surface area contributed by atoms with Crippen LogP contribution in [0.15, 0.2) is 54.7 Å². The van der Waals surface area contributed by atoms with Crippen LogP contribution in [0, 0.1) is 11.8 Å². The van der Waals surface area contributed by atoms with E-state index in [1.165, 1.54) is 4.90 Å². The Morgan fingerprint density at radius 3 is 2.41 bits per heavy atom. The van der Waals surface area contributed by atoms with Crippen molar-refractivity contribution in [3.63, 3.8) is 0 Å². The van der Waals surface area contributed by atoms with Crippen molar-refractivity contribution < 1.29 is 23.9 Å². The number of H-pyrrole nitrogens is 1. The summed E-state index contributed by atoms with van der Waals surface area (Å²) in [6, 6.07) is 13.8. The summed E-state index contributed by atoms with van der Waals surface area (Å²) in [5, 5.41) is 9.61. The summed E-state index contributed by atoms with van der Waals surface area (Å²) in [5.74, 6) is -1.27. The van der Waals surface area contributed by atoms with Gasteiger partial charge in [0.25, 0.3) is 11.8 Å². The average Bonchev–Trinajstić information content (AvgIpc) is 3.62. The van der Waals surface area contributed by atoms with Gasteiger partial charge in [0.1, 0.15) is 12.4 Å². The van der Waals surface area contributed by atoms with Crippen LogP contribution in [-0.4, -0.2) is 63.8 Å². The number of benzene rings is 2. The van der Waals surface area contributed by atoms with Crippen molar-refractivity contribution in [1.29, 1.82) is 0 Å². The van der Waals surface area contributed by atoms with Gasteiger partial charge in [0.05, 0.1) is 29.4 Å². The molecule has 10 heteroatoms. The number of amides is 4. The molecule has 41 heavy (non-hydrogen) atoms. The van der Waals surface area contributed by atoms with Crippen molar-refractivity contribution >= 4 is 23.6 Å². The quantitative estimate of drug-likeness (QED) is 0.431. The molecule has 212 valence electrons. The van der Waals surface area contributed by atoms with Gasteiger partial charge in [0.2, 0.25) is 11.8 Å². The zero-order chi connectivity index (χ0) is 28.5. The molecule has 0 saturated heterocycles. The second-order valence-electron chi connectivity index (χ2n) is 10.9. The second-order valence-corrected chi connectivity index (χ2v) is 10.9. The molecule has 1 saturated carbocycles. The number of carbonyl (C=O) groups is 4. The second kappa shape index (κ2) is 11.2. The minimum Gasteiger partial charge on any atom is -0.487 e. The SMILES string of the molecule is CNC(=O)[C@H]1CCCC[C@H]1C(=O)N1CCc2cccc(OCc3ccn[nH]3)c2C1CN1C(=O)c2ccccc2C1=O. The molecule has 1 aliphatic carbocycles. The van der Waals surface area contributed by atoms with Crippen LogP contribution in [-0.2, 0) is 22.6 Å². The smallest absolute Gasteiger partial charge is 0.261 e. The Bertz CT molecular complexity index is 1450. The summed E-state index contributed by atoms with van der Waals surface area (Å²) < 4.78 is 6.25. The fourth-order valence-electron chi connectivity index (χ4n) is 6.55. The highest BCUT2D eigenvalue weighted by atomic mass is 16.5. The fraction of sp³-hybridized carbons (Fsp3) is 0.387. The summed E-state index contributed by atoms with van der Waals surface area (Å²) >= 11 is 0. The number of nitrogens with zero attached hydrogens (tertiary/aromatic N) is 3. The number of ether oxygens (including phenoxy) is 1. The first-order valence-electron chi connectivity index (χ1n) is 14.2. The van der Waals surface area contributed by atoms with Crippen molar-refractivity contribution in [3.05, 3.63) is 82.7 Å². The van der Waals surface area contributed by atoms with Gasteiger partial charge in [-0.3, -0.25) is 29.2 Å². The largest absolute Gasteiger partial charge is 0.487 e. The summed E-state index contributed by atoms with van der Waals surface area (Å²) in [4.78, 5) is 57.0. The molecule has 3 aromatic rings. The first kappa shape index (κ1) is 26.7. The molecule has 2 aliphatic heterocycles. The van der Waals surface area contributed by atoms with Crippen molar-refractivity contribution in [2.24, 2.45) is 11.8 Å². The van der Waals surface area contributed by atoms with Gasteiger partial charge in [-0.15, -0.1) is 0 Å². The van der Waals surface area contributed by atoms with Gasteiger partial charge in [-0.25, -0.2) is 0 Å². The van der Waals surface area contributed by atoms with Gasteiger partial charge in [-0.1, -0.05) is 37.1 Å². The van der Waals surface area contributed by atoms with Crippen LogP contribution in [0.25, 0.3) is 0 Å². The van der Waals surface area contributed by atoms with Gasteiger partial charge in [-0.2, -0.15) is 5.10 Å². The minimum absolute atomic E-state index is 0.00707. The van der Waals surface area contributed by atoms with Crippen LogP contribution < -0.4 is 10.1 Å². The molecule has 2 aromatic carbocycles. The number of hydrogen-bond donors (Lipinski definition) is 2. The number of aromatic nitrogens is 2. The van der Waals surface area contributed by atoms with Crippen molar-refractivity contribution in [2.75, 3.05) is 20.1 Å². The van der Waals surface area contributed by atoms with Gasteiger partial charge in [0.15, 0.2) is 0 Å². The Labute approximate surface area is 238 Å². The molecule has 3 aliphatic rings. The monoisotopic (exact) mass is 555 g/mol. The standard InChI is InChI=1S/C31H33N5O5/c1-32-28(37)21-8-2-3-9-22(21)29(38)35-16-14-19-7-6-12-26(41-18-20-13-15-33-34-20)27(19)25(35)17-36-30(39)23-10-4-5-11-24(23)31(36)40/h4-7,10-13,15,21-22,25H,2-3,8-9,14,16-18H2,1H3,(H,32,37)(H,33,34)/t21-,22+,25?/m0/s1. The lowest BCUT2D eigenvalue weighted by Gasteiger charge is -2.42. The van der Waals surface area contributed by atoms with Crippen LogP contribution in [0.5, 0.6) is 5.75 Å². The number of imide groups is 1. The summed E-state index contributed by atoms with van der Waals surface area (Å²) in [5.41, 5.74) is 3.31. The average molecular weight is 556 g/mol. The maximum Gasteiger partial charge on any atom is 0.261 e. The Balaban J connectivity index is 1.38. The third-order valence-corrected chi connectivity index (χ3v) is 8.61. The normalized spacial score (nSPS) is 21.8. The highest BCUT2D eigenvalue weighted by molar-refractivity contribution is 6.21. The van der Waals surface area contributed by atoms with Crippen LogP contribution in [0.4, 0.5) is 0 Å². The molecule has 2 N–H and O–H groups in total. The van der Waals surface area contributed by atoms with E-state index in [-0.39, 0.29) is 36.8 Å². The van der Waals surface area contributed by atoms with E-state index in [1.807, 2.05) is 24.3 Å². The number of carbonyl (C=O) groups excluding carboxylic acids is 4. The number of hydrogen-bond acceptors (Lipinski definition) is 6. The molecule has 0 spiro atoms. The summed E-state index contributed by atoms with van der Waals surface area (Å²) in [6.07, 6.45) is 5.29. The molecular formula is C31H33N5O5. The van der Waals surface area contributed by atoms with Crippen LogP contribution in [0.3, 0.4) is 0 Å². The Morgan fingerprint density at radius 2 is 1.73 bits per heavy atom. The van der Waals surface area contributed by atoms with Gasteiger partial charge >= 0.3 is 0 Å². The lowest BCUT2D eigenvalue weighted by Crippen LogP contribution is -2.51. The number of rotatable bonds is 7. The lowest BCUT2D eigenvalue weighted by atomic mass is 9.77. The highest BCUT2D eigenvalue weighted by Gasteiger charge is 2.45. The molecule has 1 aromatic heterocycles. The molecular weight excluding hydrogens is 522 g/mol. The minimum atomic E-state index is -0.626. The Morgan fingerprint density at radius 1 is 1.00 bits per heavy atom. The van der Waals surface area contributed by atoms with Crippen LogP contribution in [0.2, 0.25) is 0 Å². The van der Waals surface area contributed by atoms with E-state index < -0.39 is 17.9 Å². The number of aromatic amines is 1. The molecule has 3 atom stereocenters. The molecule has 0 bridgehead atoms. The van der Waals surface area contributed by atoms with E-state index in [9.17, 15) is 19.2 Å². The van der Waals surface area contributed by atoms with E-state index in [2.05, 4.69) is 15.5 Å². The van der Waals surface area contributed by atoms with E-state index in [1.54, 1.807) is 42.4 Å². The fourth-order valence-corrected chi connectivity index (χ4v) is 6.55. The van der Waals surface area contributed by atoms with E-state index in [0.29, 0.717) is 42.7 Å². The third-order valence-electron chi connectivity index (χ3n) is 8.61. The van der Waals surface area contributed by atoms with Crippen LogP contribution >= 0.6 is 0 Å². The van der Waals surface area contributed by atoms with E-state index in [4.69, 9.17) is 4.74 Å². The predicted octanol–water partition coefficient (Wildman–Crippen LogP) is 3.26. The summed E-state index contributed by atoms with van der Waals surface area (Å²) in [7, 11) is 1.60. The van der Waals surface area contributed by atoms with Gasteiger partial charge in [-0.05, 0) is 49.1 Å². The van der Waals surface area contributed by atoms with Crippen LogP contribution in [0.1, 0.15) is 69.3 Å². The van der Waals surface area contributed by atoms with E-state index in [0.717, 1.165) is 29.7 Å². The molecule has 1 unspecified atom stereocenters. The topological polar surface area (TPSA) is 125 Å². The molecule has 1 fully saturated rings. The zero-order valence-corrected chi connectivity index (χ0v) is 23.0. The maximum atomic E-state index is 14.3. The van der Waals surface area contributed by atoms with Crippen molar-refractivity contribution in [2.45, 2.75) is 44.8 Å². The highest BCUT2D eigenvalue weighted by Crippen LogP contribution is 2.41. The Hall–Kier alpha value is -4.47. The lowest BCUT2D eigenvalue weighted by molar-refractivity contribution is -0.146. The number of nitrogens with one attached hydrogen (secondary N) is 2. The Kier molecular flexibility index (Phi) is 7.30. The molecule has 6 rings (SSSR count). The third kappa shape index (κ3) is 4.87. The maximum absolute atomic E-state index is 14.3. The molecule has 4 amide bonds.